The molecule has 1 heterocycles. The van der Waals surface area contributed by atoms with E-state index in [1.165, 1.54) is 0 Å². The summed E-state index contributed by atoms with van der Waals surface area (Å²) in [6.07, 6.45) is -4.60. The lowest BCUT2D eigenvalue weighted by Crippen LogP contribution is -2.19. The highest BCUT2D eigenvalue weighted by atomic mass is 35.5. The van der Waals surface area contributed by atoms with Crippen LogP contribution in [-0.2, 0) is 12.7 Å². The van der Waals surface area contributed by atoms with E-state index >= 15 is 0 Å². The Morgan fingerprint density at radius 2 is 2.06 bits per heavy atom. The maximum absolute atomic E-state index is 12.5. The lowest BCUT2D eigenvalue weighted by Gasteiger charge is -2.09. The maximum Gasteiger partial charge on any atom is 0.435 e. The molecule has 0 saturated heterocycles. The van der Waals surface area contributed by atoms with Crippen LogP contribution in [0.25, 0.3) is 0 Å². The molecule has 0 saturated carbocycles. The van der Waals surface area contributed by atoms with Gasteiger partial charge in [0.1, 0.15) is 5.15 Å². The Labute approximate surface area is 101 Å². The average molecular weight is 270 g/mol. The van der Waals surface area contributed by atoms with Crippen molar-refractivity contribution in [3.05, 3.63) is 16.4 Å². The summed E-state index contributed by atoms with van der Waals surface area (Å²) in [6, 6.07) is 0. The number of hydrogen-bond donors (Lipinski definition) is 0. The van der Waals surface area contributed by atoms with Crippen LogP contribution in [0.4, 0.5) is 13.2 Å². The van der Waals surface area contributed by atoms with Crippen LogP contribution in [0, 0.1) is 0 Å². The topological polar surface area (TPSA) is 38.1 Å². The maximum atomic E-state index is 12.5. The summed E-state index contributed by atoms with van der Waals surface area (Å²) >= 11 is 5.67. The zero-order valence-electron chi connectivity index (χ0n) is 9.25. The van der Waals surface area contributed by atoms with Gasteiger partial charge in [0.05, 0.1) is 12.1 Å². The molecular formula is C9H11ClF3N3O. The first kappa shape index (κ1) is 14.0. The van der Waals surface area contributed by atoms with E-state index in [0.717, 1.165) is 4.68 Å². The number of hydrogen-bond acceptors (Lipinski definition) is 3. The third kappa shape index (κ3) is 3.19. The molecule has 0 atom stereocenters. The molecule has 8 heteroatoms. The Morgan fingerprint density at radius 1 is 1.47 bits per heavy atom. The molecular weight excluding hydrogens is 259 g/mol. The van der Waals surface area contributed by atoms with Gasteiger partial charge in [-0.25, -0.2) is 0 Å². The van der Waals surface area contributed by atoms with Crippen molar-refractivity contribution < 1.29 is 18.0 Å². The van der Waals surface area contributed by atoms with Gasteiger partial charge in [-0.1, -0.05) is 11.6 Å². The second kappa shape index (κ2) is 5.05. The van der Waals surface area contributed by atoms with Crippen LogP contribution in [0.5, 0.6) is 0 Å². The van der Waals surface area contributed by atoms with Crippen molar-refractivity contribution in [3.8, 4) is 0 Å². The summed E-state index contributed by atoms with van der Waals surface area (Å²) in [7, 11) is 3.53. The first-order chi connectivity index (χ1) is 7.77. The van der Waals surface area contributed by atoms with Crippen LogP contribution in [-0.4, -0.2) is 41.6 Å². The number of alkyl halides is 3. The number of carbonyl (C=O) groups excluding carboxylic acids is 1. The van der Waals surface area contributed by atoms with Crippen molar-refractivity contribution >= 4 is 17.9 Å². The molecule has 1 aromatic rings. The minimum Gasteiger partial charge on any atom is -0.308 e. The smallest absolute Gasteiger partial charge is 0.308 e. The Morgan fingerprint density at radius 3 is 2.41 bits per heavy atom. The zero-order valence-corrected chi connectivity index (χ0v) is 10.0. The first-order valence-corrected chi connectivity index (χ1v) is 5.08. The lowest BCUT2D eigenvalue weighted by molar-refractivity contribution is -0.141. The second-order valence-electron chi connectivity index (χ2n) is 3.70. The van der Waals surface area contributed by atoms with Gasteiger partial charge in [-0.15, -0.1) is 0 Å². The Bertz CT molecular complexity index is 414. The molecule has 0 aliphatic rings. The number of aldehydes is 1. The monoisotopic (exact) mass is 269 g/mol. The molecule has 1 aromatic heterocycles. The van der Waals surface area contributed by atoms with Crippen molar-refractivity contribution in [1.29, 1.82) is 0 Å². The van der Waals surface area contributed by atoms with Gasteiger partial charge in [-0.05, 0) is 14.1 Å². The van der Waals surface area contributed by atoms with Gasteiger partial charge in [-0.3, -0.25) is 9.48 Å². The van der Waals surface area contributed by atoms with Crippen molar-refractivity contribution in [2.24, 2.45) is 0 Å². The molecule has 0 amide bonds. The van der Waals surface area contributed by atoms with E-state index < -0.39 is 17.4 Å². The second-order valence-corrected chi connectivity index (χ2v) is 4.05. The van der Waals surface area contributed by atoms with Crippen molar-refractivity contribution in [3.63, 3.8) is 0 Å². The van der Waals surface area contributed by atoms with Gasteiger partial charge < -0.3 is 4.90 Å². The van der Waals surface area contributed by atoms with Gasteiger partial charge in [0.25, 0.3) is 0 Å². The summed E-state index contributed by atoms with van der Waals surface area (Å²) in [5.41, 5.74) is -1.85. The van der Waals surface area contributed by atoms with Crippen LogP contribution in [0.3, 0.4) is 0 Å². The predicted molar refractivity (Wildman–Crippen MR) is 56.2 cm³/mol. The largest absolute Gasteiger partial charge is 0.435 e. The number of carbonyl (C=O) groups is 1. The molecule has 0 spiro atoms. The zero-order chi connectivity index (χ0) is 13.2. The fourth-order valence-electron chi connectivity index (χ4n) is 1.21. The van der Waals surface area contributed by atoms with Crippen LogP contribution in [0.1, 0.15) is 16.1 Å². The summed E-state index contributed by atoms with van der Waals surface area (Å²) < 4.78 is 38.6. The highest BCUT2D eigenvalue weighted by Crippen LogP contribution is 2.33. The molecule has 0 unspecified atom stereocenters. The number of nitrogens with zero attached hydrogens (tertiary/aromatic N) is 3. The minimum absolute atomic E-state index is 0.0737. The van der Waals surface area contributed by atoms with Gasteiger partial charge >= 0.3 is 6.18 Å². The predicted octanol–water partition coefficient (Wildman–Crippen LogP) is 1.93. The fourth-order valence-corrected chi connectivity index (χ4v) is 1.47. The Balaban J connectivity index is 3.09. The number of rotatable bonds is 4. The van der Waals surface area contributed by atoms with E-state index in [1.54, 1.807) is 19.0 Å². The van der Waals surface area contributed by atoms with E-state index in [9.17, 15) is 18.0 Å². The molecule has 0 N–H and O–H groups in total. The molecule has 0 aromatic carbocycles. The first-order valence-electron chi connectivity index (χ1n) is 4.70. The van der Waals surface area contributed by atoms with E-state index in [4.69, 9.17) is 11.6 Å². The molecule has 0 aliphatic carbocycles. The van der Waals surface area contributed by atoms with Gasteiger partial charge in [-0.2, -0.15) is 18.3 Å². The van der Waals surface area contributed by atoms with Gasteiger partial charge in [0, 0.05) is 6.54 Å². The van der Waals surface area contributed by atoms with Crippen LogP contribution >= 0.6 is 11.6 Å². The van der Waals surface area contributed by atoms with Crippen molar-refractivity contribution in [2.75, 3.05) is 20.6 Å². The van der Waals surface area contributed by atoms with Crippen LogP contribution in [0.15, 0.2) is 0 Å². The Kier molecular flexibility index (Phi) is 4.16. The molecule has 0 bridgehead atoms. The summed E-state index contributed by atoms with van der Waals surface area (Å²) in [5.74, 6) is 0. The number of likely N-dealkylation sites (N-methyl/N-ethyl adjacent to an activating group) is 1. The average Bonchev–Trinajstić information content (AvgIpc) is 2.51. The molecule has 4 nitrogen and oxygen atoms in total. The quantitative estimate of drug-likeness (QED) is 0.784. The van der Waals surface area contributed by atoms with E-state index in [0.29, 0.717) is 6.54 Å². The fraction of sp³-hybridized carbons (Fsp3) is 0.556. The summed E-state index contributed by atoms with van der Waals surface area (Å²) in [6.45, 7) is 0.653. The standard InChI is InChI=1S/C9H11ClF3N3O/c1-15(2)3-4-16-8(10)6(5-17)7(14-16)9(11,12)13/h5H,3-4H2,1-2H3. The van der Waals surface area contributed by atoms with Gasteiger partial charge in [0.15, 0.2) is 12.0 Å². The summed E-state index contributed by atoms with van der Waals surface area (Å²) in [4.78, 5) is 12.4. The van der Waals surface area contributed by atoms with Crippen LogP contribution < -0.4 is 0 Å². The van der Waals surface area contributed by atoms with Crippen molar-refractivity contribution in [2.45, 2.75) is 12.7 Å². The minimum atomic E-state index is -4.68. The highest BCUT2D eigenvalue weighted by molar-refractivity contribution is 6.32. The SMILES string of the molecule is CN(C)CCn1nc(C(F)(F)F)c(C=O)c1Cl. The highest BCUT2D eigenvalue weighted by Gasteiger charge is 2.38. The molecule has 1 rings (SSSR count). The molecule has 0 radical (unpaired) electrons. The van der Waals surface area contributed by atoms with E-state index in [1.807, 2.05) is 0 Å². The molecule has 0 aliphatic heterocycles. The van der Waals surface area contributed by atoms with Crippen LogP contribution in [0.2, 0.25) is 5.15 Å². The van der Waals surface area contributed by atoms with E-state index in [2.05, 4.69) is 5.10 Å². The normalized spacial score (nSPS) is 12.2. The third-order valence-corrected chi connectivity index (χ3v) is 2.47. The summed E-state index contributed by atoms with van der Waals surface area (Å²) in [5, 5.41) is 3.04. The van der Waals surface area contributed by atoms with Gasteiger partial charge in [0.2, 0.25) is 0 Å². The van der Waals surface area contributed by atoms with E-state index in [-0.39, 0.29) is 18.0 Å². The molecule has 17 heavy (non-hydrogen) atoms. The number of aromatic nitrogens is 2. The van der Waals surface area contributed by atoms with Crippen molar-refractivity contribution in [1.82, 2.24) is 14.7 Å². The molecule has 0 fully saturated rings. The lowest BCUT2D eigenvalue weighted by atomic mass is 10.2. The third-order valence-electron chi connectivity index (χ3n) is 2.07. The molecule has 96 valence electrons. The number of halogens is 4. The Hall–Kier alpha value is -1.08.